The maximum absolute atomic E-state index is 12.6. The van der Waals surface area contributed by atoms with Crippen molar-refractivity contribution in [3.05, 3.63) is 34.2 Å². The summed E-state index contributed by atoms with van der Waals surface area (Å²) in [5.41, 5.74) is -0.483. The Bertz CT molecular complexity index is 903. The van der Waals surface area contributed by atoms with Gasteiger partial charge in [-0.05, 0) is 51.7 Å². The molecule has 0 N–H and O–H groups in total. The second-order valence-corrected chi connectivity index (χ2v) is 14.8. The highest BCUT2D eigenvalue weighted by molar-refractivity contribution is 14.1. The molecule has 0 amide bonds. The van der Waals surface area contributed by atoms with Gasteiger partial charge in [-0.2, -0.15) is 0 Å². The lowest BCUT2D eigenvalue weighted by atomic mass is 9.85. The molecule has 0 radical (unpaired) electrons. The van der Waals surface area contributed by atoms with Crippen LogP contribution in [0, 0.1) is 9.24 Å². The van der Waals surface area contributed by atoms with E-state index in [1.54, 1.807) is 11.3 Å². The highest BCUT2D eigenvalue weighted by Gasteiger charge is 2.38. The van der Waals surface area contributed by atoms with Gasteiger partial charge < -0.3 is 9.47 Å². The van der Waals surface area contributed by atoms with Gasteiger partial charge in [0, 0.05) is 23.5 Å². The standard InChI is InChI=1S/C23H30I2O3S2/c1-22(2,25)15-19(24)23(3,4)21(26)28-13-9-5-8-12-27-17-14-20(29)30-18-11-7-6-10-16(17)18/h6-7,10-11,14,19H,5,8-9,12-13,15H2,1-4H3. The van der Waals surface area contributed by atoms with E-state index in [0.29, 0.717) is 13.2 Å². The van der Waals surface area contributed by atoms with E-state index in [4.69, 9.17) is 21.7 Å². The van der Waals surface area contributed by atoms with Crippen LogP contribution >= 0.6 is 68.7 Å². The van der Waals surface area contributed by atoms with Gasteiger partial charge in [-0.25, -0.2) is 0 Å². The summed E-state index contributed by atoms with van der Waals surface area (Å²) < 4.78 is 13.9. The molecule has 1 aromatic carbocycles. The van der Waals surface area contributed by atoms with Crippen LogP contribution in [-0.2, 0) is 9.53 Å². The zero-order valence-electron chi connectivity index (χ0n) is 18.0. The van der Waals surface area contributed by atoms with Crippen LogP contribution in [0.4, 0.5) is 0 Å². The van der Waals surface area contributed by atoms with Crippen molar-refractivity contribution in [2.75, 3.05) is 13.2 Å². The molecule has 0 aliphatic heterocycles. The Balaban J connectivity index is 1.71. The number of unbranched alkanes of at least 4 members (excludes halogenated alkanes) is 2. The van der Waals surface area contributed by atoms with Gasteiger partial charge in [0.15, 0.2) is 0 Å². The molecule has 0 bridgehead atoms. The van der Waals surface area contributed by atoms with Crippen LogP contribution in [0.5, 0.6) is 5.75 Å². The maximum atomic E-state index is 12.6. The molecule has 3 nitrogen and oxygen atoms in total. The summed E-state index contributed by atoms with van der Waals surface area (Å²) in [6, 6.07) is 10.1. The van der Waals surface area contributed by atoms with Crippen LogP contribution in [-0.4, -0.2) is 26.5 Å². The van der Waals surface area contributed by atoms with Crippen LogP contribution < -0.4 is 4.74 Å². The van der Waals surface area contributed by atoms with E-state index in [9.17, 15) is 4.79 Å². The van der Waals surface area contributed by atoms with Gasteiger partial charge in [-0.15, -0.1) is 11.3 Å². The lowest BCUT2D eigenvalue weighted by Crippen LogP contribution is -2.38. The molecule has 0 aliphatic rings. The van der Waals surface area contributed by atoms with Crippen LogP contribution in [0.1, 0.15) is 53.4 Å². The van der Waals surface area contributed by atoms with Crippen molar-refractivity contribution in [2.24, 2.45) is 5.41 Å². The van der Waals surface area contributed by atoms with E-state index >= 15 is 0 Å². The largest absolute Gasteiger partial charge is 0.493 e. The van der Waals surface area contributed by atoms with Crippen LogP contribution in [0.3, 0.4) is 0 Å². The first-order valence-electron chi connectivity index (χ1n) is 10.2. The minimum Gasteiger partial charge on any atom is -0.493 e. The molecular formula is C23H30I2O3S2. The lowest BCUT2D eigenvalue weighted by Gasteiger charge is -2.31. The average Bonchev–Trinajstić information content (AvgIpc) is 2.65. The monoisotopic (exact) mass is 672 g/mol. The van der Waals surface area contributed by atoms with Crippen LogP contribution in [0.15, 0.2) is 30.3 Å². The number of carbonyl (C=O) groups is 1. The molecule has 7 heteroatoms. The summed E-state index contributed by atoms with van der Waals surface area (Å²) >= 11 is 11.8. The predicted molar refractivity (Wildman–Crippen MR) is 147 cm³/mol. The Morgan fingerprint density at radius 3 is 2.50 bits per heavy atom. The molecule has 0 saturated carbocycles. The average molecular weight is 672 g/mol. The third kappa shape index (κ3) is 8.16. The number of fused-ring (bicyclic) bond motifs is 1. The van der Waals surface area contributed by atoms with E-state index in [1.165, 1.54) is 0 Å². The Kier molecular flexibility index (Phi) is 10.3. The van der Waals surface area contributed by atoms with Crippen LogP contribution in [0.2, 0.25) is 0 Å². The van der Waals surface area contributed by atoms with Crippen molar-refractivity contribution in [2.45, 2.75) is 60.7 Å². The Morgan fingerprint density at radius 2 is 1.80 bits per heavy atom. The number of benzene rings is 1. The summed E-state index contributed by atoms with van der Waals surface area (Å²) in [5.74, 6) is 0.752. The number of halogens is 2. The van der Waals surface area contributed by atoms with Crippen molar-refractivity contribution in [1.29, 1.82) is 0 Å². The highest BCUT2D eigenvalue weighted by atomic mass is 127. The van der Waals surface area contributed by atoms with Gasteiger partial charge >= 0.3 is 5.97 Å². The van der Waals surface area contributed by atoms with E-state index in [2.05, 4.69) is 71.2 Å². The zero-order chi connectivity index (χ0) is 22.4. The molecule has 1 heterocycles. The topological polar surface area (TPSA) is 35.5 Å². The number of carbonyl (C=O) groups excluding carboxylic acids is 1. The minimum absolute atomic E-state index is 0.103. The zero-order valence-corrected chi connectivity index (χ0v) is 24.0. The van der Waals surface area contributed by atoms with E-state index in [0.717, 1.165) is 45.3 Å². The second-order valence-electron chi connectivity index (χ2n) is 8.58. The Labute approximate surface area is 216 Å². The Morgan fingerprint density at radius 1 is 1.13 bits per heavy atom. The van der Waals surface area contributed by atoms with Crippen LogP contribution in [0.25, 0.3) is 10.1 Å². The van der Waals surface area contributed by atoms with Crippen molar-refractivity contribution in [3.8, 4) is 5.75 Å². The maximum Gasteiger partial charge on any atom is 0.312 e. The van der Waals surface area contributed by atoms with Gasteiger partial charge in [0.25, 0.3) is 0 Å². The molecule has 0 aliphatic carbocycles. The minimum atomic E-state index is -0.483. The van der Waals surface area contributed by atoms with Crippen molar-refractivity contribution >= 4 is 84.8 Å². The number of esters is 1. The smallest absolute Gasteiger partial charge is 0.312 e. The second kappa shape index (κ2) is 11.7. The molecule has 2 aromatic rings. The number of alkyl halides is 2. The quantitative estimate of drug-likeness (QED) is 0.0794. The first-order valence-corrected chi connectivity index (χ1v) is 13.7. The SMILES string of the molecule is CC(C)(I)CC(I)C(C)(C)C(=O)OCCCCCOc1cc(=S)sc2ccccc12. The molecule has 1 atom stereocenters. The fraction of sp³-hybridized carbons (Fsp3) is 0.565. The molecule has 2 rings (SSSR count). The van der Waals surface area contributed by atoms with Gasteiger partial charge in [-0.1, -0.05) is 83.4 Å². The first-order chi connectivity index (χ1) is 14.0. The molecule has 30 heavy (non-hydrogen) atoms. The van der Waals surface area contributed by atoms with Gasteiger partial charge in [0.2, 0.25) is 0 Å². The number of rotatable bonds is 11. The molecule has 166 valence electrons. The fourth-order valence-corrected chi connectivity index (χ4v) is 6.75. The number of hydrogen-bond acceptors (Lipinski definition) is 5. The molecule has 0 spiro atoms. The Hall–Kier alpha value is 0.000000000000000111. The molecule has 0 saturated heterocycles. The van der Waals surface area contributed by atoms with E-state index < -0.39 is 5.41 Å². The van der Waals surface area contributed by atoms with Crippen molar-refractivity contribution < 1.29 is 14.3 Å². The lowest BCUT2D eigenvalue weighted by molar-refractivity contribution is -0.153. The summed E-state index contributed by atoms with van der Waals surface area (Å²) in [7, 11) is 0. The van der Waals surface area contributed by atoms with E-state index in [-0.39, 0.29) is 13.3 Å². The number of hydrogen-bond donors (Lipinski definition) is 0. The summed E-state index contributed by atoms with van der Waals surface area (Å²) in [4.78, 5) is 12.6. The third-order valence-corrected chi connectivity index (χ3v) is 8.57. The normalized spacial score (nSPS) is 13.3. The van der Waals surface area contributed by atoms with E-state index in [1.807, 2.05) is 32.0 Å². The number of ether oxygens (including phenoxy) is 2. The third-order valence-electron chi connectivity index (χ3n) is 4.87. The molecular weight excluding hydrogens is 642 g/mol. The van der Waals surface area contributed by atoms with Gasteiger partial charge in [0.05, 0.1) is 22.5 Å². The highest BCUT2D eigenvalue weighted by Crippen LogP contribution is 2.37. The van der Waals surface area contributed by atoms with Crippen molar-refractivity contribution in [3.63, 3.8) is 0 Å². The molecule has 0 fully saturated rings. The predicted octanol–water partition coefficient (Wildman–Crippen LogP) is 8.16. The van der Waals surface area contributed by atoms with Gasteiger partial charge in [-0.3, -0.25) is 4.79 Å². The van der Waals surface area contributed by atoms with Gasteiger partial charge in [0.1, 0.15) is 5.75 Å². The first kappa shape index (κ1) is 26.3. The molecule has 1 unspecified atom stereocenters. The summed E-state index contributed by atoms with van der Waals surface area (Å²) in [6.45, 7) is 9.45. The summed E-state index contributed by atoms with van der Waals surface area (Å²) in [6.07, 6.45) is 3.68. The summed E-state index contributed by atoms with van der Waals surface area (Å²) in [5, 5.41) is 1.11. The molecule has 1 aromatic heterocycles. The fourth-order valence-electron chi connectivity index (χ4n) is 2.92. The van der Waals surface area contributed by atoms with Crippen molar-refractivity contribution in [1.82, 2.24) is 0 Å².